The van der Waals surface area contributed by atoms with Crippen molar-refractivity contribution < 1.29 is 10.2 Å². The number of allylic oxidation sites excluding steroid dienone is 2. The maximum Gasteiger partial charge on any atom is 0.0606 e. The van der Waals surface area contributed by atoms with Crippen molar-refractivity contribution in [1.29, 1.82) is 0 Å². The van der Waals surface area contributed by atoms with Crippen LogP contribution in [0.2, 0.25) is 0 Å². The number of unbranched alkanes of at least 4 members (excludes halogenated alkanes) is 9. The van der Waals surface area contributed by atoms with E-state index in [1.807, 2.05) is 4.90 Å². The maximum atomic E-state index is 9.01. The van der Waals surface area contributed by atoms with Crippen molar-refractivity contribution in [3.05, 3.63) is 11.8 Å². The van der Waals surface area contributed by atoms with Gasteiger partial charge in [0.15, 0.2) is 0 Å². The minimum atomic E-state index is 0.142. The molecule has 0 aliphatic heterocycles. The average Bonchev–Trinajstić information content (AvgIpc) is 2.48. The Morgan fingerprint density at radius 2 is 1.29 bits per heavy atom. The van der Waals surface area contributed by atoms with Crippen LogP contribution in [0.15, 0.2) is 11.8 Å². The summed E-state index contributed by atoms with van der Waals surface area (Å²) in [6.45, 7) is 5.84. The predicted octanol–water partition coefficient (Wildman–Crippen LogP) is 4.10. The van der Waals surface area contributed by atoms with Crippen LogP contribution >= 0.6 is 0 Å². The largest absolute Gasteiger partial charge is 0.395 e. The second-order valence-electron chi connectivity index (χ2n) is 5.90. The summed E-state index contributed by atoms with van der Waals surface area (Å²) in [5, 5.41) is 18.0. The second kappa shape index (κ2) is 15.8. The molecule has 0 aliphatic carbocycles. The molecule has 0 heterocycles. The van der Waals surface area contributed by atoms with Crippen LogP contribution in [0.3, 0.4) is 0 Å². The molecule has 0 atom stereocenters. The van der Waals surface area contributed by atoms with Crippen LogP contribution in [0, 0.1) is 0 Å². The van der Waals surface area contributed by atoms with Crippen LogP contribution in [0.4, 0.5) is 0 Å². The molecule has 0 aliphatic rings. The lowest BCUT2D eigenvalue weighted by Crippen LogP contribution is -2.28. The van der Waals surface area contributed by atoms with Gasteiger partial charge in [0.05, 0.1) is 13.2 Å². The molecule has 3 heteroatoms. The summed E-state index contributed by atoms with van der Waals surface area (Å²) in [5.41, 5.74) is 1.18. The van der Waals surface area contributed by atoms with Gasteiger partial charge in [0.1, 0.15) is 0 Å². The zero-order valence-electron chi connectivity index (χ0n) is 14.3. The maximum absolute atomic E-state index is 9.01. The van der Waals surface area contributed by atoms with Crippen molar-refractivity contribution in [2.75, 3.05) is 26.3 Å². The fourth-order valence-electron chi connectivity index (χ4n) is 2.60. The monoisotopic (exact) mass is 299 g/mol. The molecular weight excluding hydrogens is 262 g/mol. The van der Waals surface area contributed by atoms with Gasteiger partial charge in [0, 0.05) is 18.8 Å². The van der Waals surface area contributed by atoms with Gasteiger partial charge >= 0.3 is 0 Å². The van der Waals surface area contributed by atoms with Crippen molar-refractivity contribution in [2.24, 2.45) is 0 Å². The third-order valence-corrected chi connectivity index (χ3v) is 3.99. The first-order chi connectivity index (χ1) is 10.3. The van der Waals surface area contributed by atoms with Gasteiger partial charge in [-0.3, -0.25) is 0 Å². The summed E-state index contributed by atoms with van der Waals surface area (Å²) in [4.78, 5) is 2.05. The molecule has 21 heavy (non-hydrogen) atoms. The Bertz CT molecular complexity index is 235. The van der Waals surface area contributed by atoms with Gasteiger partial charge in [-0.1, -0.05) is 64.4 Å². The molecule has 126 valence electrons. The highest BCUT2D eigenvalue weighted by atomic mass is 16.3. The Hall–Kier alpha value is -0.540. The van der Waals surface area contributed by atoms with Gasteiger partial charge < -0.3 is 15.1 Å². The van der Waals surface area contributed by atoms with Crippen LogP contribution in [-0.2, 0) is 0 Å². The van der Waals surface area contributed by atoms with Crippen LogP contribution in [0.1, 0.15) is 78.1 Å². The van der Waals surface area contributed by atoms with Gasteiger partial charge in [0.25, 0.3) is 0 Å². The number of aliphatic hydroxyl groups is 2. The Morgan fingerprint density at radius 3 is 1.76 bits per heavy atom. The Labute approximate surface area is 132 Å². The van der Waals surface area contributed by atoms with Crippen LogP contribution in [0.5, 0.6) is 0 Å². The molecule has 3 nitrogen and oxygen atoms in total. The molecule has 0 saturated heterocycles. The Kier molecular flexibility index (Phi) is 15.4. The molecule has 0 bridgehead atoms. The molecule has 0 rings (SSSR count). The van der Waals surface area contributed by atoms with Crippen molar-refractivity contribution >= 4 is 0 Å². The fraction of sp³-hybridized carbons (Fsp3) is 0.889. The van der Waals surface area contributed by atoms with Crippen molar-refractivity contribution in [1.82, 2.24) is 4.90 Å². The van der Waals surface area contributed by atoms with Gasteiger partial charge in [-0.15, -0.1) is 0 Å². The first kappa shape index (κ1) is 20.5. The molecule has 0 spiro atoms. The predicted molar refractivity (Wildman–Crippen MR) is 91.3 cm³/mol. The molecule has 0 unspecified atom stereocenters. The third-order valence-electron chi connectivity index (χ3n) is 3.99. The molecule has 0 amide bonds. The van der Waals surface area contributed by atoms with E-state index in [2.05, 4.69) is 19.9 Å². The van der Waals surface area contributed by atoms with Crippen LogP contribution in [-0.4, -0.2) is 41.4 Å². The third kappa shape index (κ3) is 12.9. The summed E-state index contributed by atoms with van der Waals surface area (Å²) >= 11 is 0. The van der Waals surface area contributed by atoms with E-state index in [4.69, 9.17) is 10.2 Å². The molecule has 0 aromatic heterocycles. The summed E-state index contributed by atoms with van der Waals surface area (Å²) in [7, 11) is 0. The van der Waals surface area contributed by atoms with E-state index >= 15 is 0 Å². The van der Waals surface area contributed by atoms with E-state index in [1.54, 1.807) is 0 Å². The minimum Gasteiger partial charge on any atom is -0.395 e. The quantitative estimate of drug-likeness (QED) is 0.447. The zero-order chi connectivity index (χ0) is 15.8. The Morgan fingerprint density at radius 1 is 0.810 bits per heavy atom. The molecule has 0 fully saturated rings. The normalized spacial score (nSPS) is 11.9. The van der Waals surface area contributed by atoms with Gasteiger partial charge in [-0.2, -0.15) is 0 Å². The molecule has 2 N–H and O–H groups in total. The number of hydrogen-bond donors (Lipinski definition) is 2. The zero-order valence-corrected chi connectivity index (χ0v) is 14.3. The smallest absolute Gasteiger partial charge is 0.0606 e. The summed E-state index contributed by atoms with van der Waals surface area (Å²) in [5.74, 6) is 0. The minimum absolute atomic E-state index is 0.142. The van der Waals surface area contributed by atoms with Crippen LogP contribution in [0.25, 0.3) is 0 Å². The van der Waals surface area contributed by atoms with E-state index in [-0.39, 0.29) is 13.2 Å². The molecule has 0 radical (unpaired) electrons. The summed E-state index contributed by atoms with van der Waals surface area (Å²) in [6, 6.07) is 0. The van der Waals surface area contributed by atoms with E-state index in [0.717, 1.165) is 6.42 Å². The van der Waals surface area contributed by atoms with E-state index in [1.165, 1.54) is 63.5 Å². The summed E-state index contributed by atoms with van der Waals surface area (Å²) in [6.07, 6.45) is 15.6. The molecule has 0 saturated carbocycles. The van der Waals surface area contributed by atoms with E-state index in [9.17, 15) is 0 Å². The standard InChI is InChI=1S/C18H37NO2/c1-3-4-5-6-7-8-9-10-11-12-13-18(2)19(14-16-20)15-17-21/h13,20-21H,3-12,14-17H2,1-2H3/b18-13+. The highest BCUT2D eigenvalue weighted by molar-refractivity contribution is 4.97. The first-order valence-electron chi connectivity index (χ1n) is 8.89. The highest BCUT2D eigenvalue weighted by Gasteiger charge is 2.03. The number of nitrogens with zero attached hydrogens (tertiary/aromatic N) is 1. The van der Waals surface area contributed by atoms with Gasteiger partial charge in [-0.05, 0) is 19.8 Å². The van der Waals surface area contributed by atoms with Crippen molar-refractivity contribution in [3.8, 4) is 0 Å². The lowest BCUT2D eigenvalue weighted by atomic mass is 10.1. The SMILES string of the molecule is CCCCCCCCCCC/C=C(\C)N(CCO)CCO. The Balaban J connectivity index is 3.55. The van der Waals surface area contributed by atoms with Gasteiger partial charge in [0.2, 0.25) is 0 Å². The van der Waals surface area contributed by atoms with E-state index in [0.29, 0.717) is 13.1 Å². The average molecular weight is 299 g/mol. The lowest BCUT2D eigenvalue weighted by molar-refractivity contribution is 0.188. The first-order valence-corrected chi connectivity index (χ1v) is 8.89. The highest BCUT2D eigenvalue weighted by Crippen LogP contribution is 2.12. The van der Waals surface area contributed by atoms with E-state index < -0.39 is 0 Å². The van der Waals surface area contributed by atoms with Crippen molar-refractivity contribution in [3.63, 3.8) is 0 Å². The van der Waals surface area contributed by atoms with Crippen LogP contribution < -0.4 is 0 Å². The molecular formula is C18H37NO2. The number of rotatable bonds is 15. The number of aliphatic hydroxyl groups excluding tert-OH is 2. The lowest BCUT2D eigenvalue weighted by Gasteiger charge is -2.23. The summed E-state index contributed by atoms with van der Waals surface area (Å²) < 4.78 is 0. The molecule has 0 aromatic rings. The molecule has 0 aromatic carbocycles. The topological polar surface area (TPSA) is 43.7 Å². The van der Waals surface area contributed by atoms with Crippen molar-refractivity contribution in [2.45, 2.75) is 78.1 Å². The fourth-order valence-corrected chi connectivity index (χ4v) is 2.60. The second-order valence-corrected chi connectivity index (χ2v) is 5.90. The number of hydrogen-bond acceptors (Lipinski definition) is 3. The van der Waals surface area contributed by atoms with Gasteiger partial charge in [-0.25, -0.2) is 0 Å².